The number of nitrogens with one attached hydrogen (secondary N) is 2. The summed E-state index contributed by atoms with van der Waals surface area (Å²) in [6.07, 6.45) is -0.470. The molecule has 150 valence electrons. The number of carbonyl (C=O) groups excluding carboxylic acids is 3. The monoisotopic (exact) mass is 377 g/mol. The molecule has 0 aliphatic heterocycles. The number of likely N-dealkylation sites (N-methyl/N-ethyl adjacent to an activating group) is 1. The molecule has 3 amide bonds. The largest absolute Gasteiger partial charge is 0.383 e. The third-order valence-corrected chi connectivity index (χ3v) is 4.20. The Morgan fingerprint density at radius 3 is 2.19 bits per heavy atom. The van der Waals surface area contributed by atoms with E-state index in [1.807, 2.05) is 19.9 Å². The molecule has 0 aliphatic carbocycles. The van der Waals surface area contributed by atoms with Crippen LogP contribution >= 0.6 is 0 Å². The molecule has 27 heavy (non-hydrogen) atoms. The summed E-state index contributed by atoms with van der Waals surface area (Å²) in [7, 11) is 3.22. The van der Waals surface area contributed by atoms with Crippen molar-refractivity contribution in [2.24, 2.45) is 11.8 Å². The molecule has 3 atom stereocenters. The first kappa shape index (κ1) is 22.6. The van der Waals surface area contributed by atoms with Crippen LogP contribution < -0.4 is 10.6 Å². The lowest BCUT2D eigenvalue weighted by Gasteiger charge is -2.23. The van der Waals surface area contributed by atoms with Crippen LogP contribution in [0, 0.1) is 11.8 Å². The fraction of sp³-hybridized carbons (Fsp3) is 0.550. The average molecular weight is 377 g/mol. The molecule has 0 fully saturated rings. The Labute approximate surface area is 161 Å². The maximum Gasteiger partial charge on any atom is 0.249 e. The van der Waals surface area contributed by atoms with Gasteiger partial charge in [0.15, 0.2) is 0 Å². The molecule has 1 unspecified atom stereocenters. The Balaban J connectivity index is 2.67. The highest BCUT2D eigenvalue weighted by atomic mass is 16.3. The molecule has 3 N–H and O–H groups in total. The first-order chi connectivity index (χ1) is 12.6. The van der Waals surface area contributed by atoms with Gasteiger partial charge in [-0.2, -0.15) is 0 Å². The van der Waals surface area contributed by atoms with Gasteiger partial charge in [-0.25, -0.2) is 0 Å². The van der Waals surface area contributed by atoms with Crippen molar-refractivity contribution in [3.63, 3.8) is 0 Å². The summed E-state index contributed by atoms with van der Waals surface area (Å²) in [5.41, 5.74) is 0.654. The van der Waals surface area contributed by atoms with Crippen LogP contribution in [0.1, 0.15) is 38.8 Å². The van der Waals surface area contributed by atoms with Crippen LogP contribution in [0.5, 0.6) is 0 Å². The molecular weight excluding hydrogens is 346 g/mol. The van der Waals surface area contributed by atoms with Gasteiger partial charge in [-0.05, 0) is 23.8 Å². The summed E-state index contributed by atoms with van der Waals surface area (Å²) in [6.45, 7) is 5.51. The van der Waals surface area contributed by atoms with Crippen LogP contribution in [0.25, 0.3) is 0 Å². The highest BCUT2D eigenvalue weighted by molar-refractivity contribution is 5.91. The van der Waals surface area contributed by atoms with Gasteiger partial charge < -0.3 is 20.6 Å². The maximum atomic E-state index is 12.4. The minimum absolute atomic E-state index is 0.208. The van der Waals surface area contributed by atoms with Crippen molar-refractivity contribution in [1.29, 1.82) is 0 Å². The molecule has 1 rings (SSSR count). The molecular formula is C20H31N3O4. The Morgan fingerprint density at radius 1 is 1.07 bits per heavy atom. The number of rotatable bonds is 9. The molecule has 7 nitrogen and oxygen atoms in total. The van der Waals surface area contributed by atoms with Crippen molar-refractivity contribution < 1.29 is 19.5 Å². The van der Waals surface area contributed by atoms with Gasteiger partial charge in [0.25, 0.3) is 0 Å². The third kappa shape index (κ3) is 7.38. The van der Waals surface area contributed by atoms with Gasteiger partial charge in [0.2, 0.25) is 17.7 Å². The summed E-state index contributed by atoms with van der Waals surface area (Å²) in [6, 6.07) is 8.06. The van der Waals surface area contributed by atoms with E-state index in [0.717, 1.165) is 0 Å². The zero-order valence-electron chi connectivity index (χ0n) is 16.7. The van der Waals surface area contributed by atoms with Crippen molar-refractivity contribution in [2.75, 3.05) is 20.6 Å². The predicted octanol–water partition coefficient (Wildman–Crippen LogP) is 1.09. The Bertz CT molecular complexity index is 631. The normalized spacial score (nSPS) is 14.2. The van der Waals surface area contributed by atoms with E-state index in [2.05, 4.69) is 10.6 Å². The summed E-state index contributed by atoms with van der Waals surface area (Å²) in [5.74, 6) is -1.22. The average Bonchev–Trinajstić information content (AvgIpc) is 2.62. The molecule has 0 aromatic heterocycles. The van der Waals surface area contributed by atoms with E-state index in [9.17, 15) is 19.5 Å². The molecule has 0 saturated heterocycles. The predicted molar refractivity (Wildman–Crippen MR) is 104 cm³/mol. The zero-order chi connectivity index (χ0) is 20.6. The number of nitrogens with zero attached hydrogens (tertiary/aromatic N) is 1. The molecule has 7 heteroatoms. The van der Waals surface area contributed by atoms with Gasteiger partial charge in [0.1, 0.15) is 12.1 Å². The fourth-order valence-electron chi connectivity index (χ4n) is 2.81. The molecule has 1 aromatic carbocycles. The summed E-state index contributed by atoms with van der Waals surface area (Å²) in [4.78, 5) is 38.1. The van der Waals surface area contributed by atoms with E-state index < -0.39 is 24.0 Å². The van der Waals surface area contributed by atoms with Crippen molar-refractivity contribution in [3.8, 4) is 0 Å². The van der Waals surface area contributed by atoms with Crippen LogP contribution in [0.3, 0.4) is 0 Å². The lowest BCUT2D eigenvalue weighted by atomic mass is 9.93. The highest BCUT2D eigenvalue weighted by Gasteiger charge is 2.26. The standard InChI is InChI=1S/C20H31N3O4/c1-13(2)11-14(3)18(25)19(26)21-12-16(24)22-17(20(27)23(4)5)15-9-7-6-8-10-15/h6-10,13-14,17-18,25H,11-12H2,1-5H3,(H,21,26)(H,22,24)/t14-,17-,18?/m0/s1. The maximum absolute atomic E-state index is 12.4. The molecule has 0 radical (unpaired) electrons. The summed E-state index contributed by atoms with van der Waals surface area (Å²) >= 11 is 0. The van der Waals surface area contributed by atoms with Crippen LogP contribution in [0.2, 0.25) is 0 Å². The van der Waals surface area contributed by atoms with E-state index in [1.54, 1.807) is 45.3 Å². The van der Waals surface area contributed by atoms with Crippen molar-refractivity contribution in [1.82, 2.24) is 15.5 Å². The van der Waals surface area contributed by atoms with E-state index in [0.29, 0.717) is 17.9 Å². The number of benzene rings is 1. The zero-order valence-corrected chi connectivity index (χ0v) is 16.7. The quantitative estimate of drug-likeness (QED) is 0.600. The van der Waals surface area contributed by atoms with Crippen molar-refractivity contribution in [2.45, 2.75) is 39.3 Å². The second kappa shape index (κ2) is 10.7. The van der Waals surface area contributed by atoms with E-state index in [4.69, 9.17) is 0 Å². The minimum Gasteiger partial charge on any atom is -0.383 e. The van der Waals surface area contributed by atoms with Gasteiger partial charge >= 0.3 is 0 Å². The minimum atomic E-state index is -1.17. The van der Waals surface area contributed by atoms with Gasteiger partial charge in [0.05, 0.1) is 6.54 Å². The van der Waals surface area contributed by atoms with E-state index in [-0.39, 0.29) is 18.4 Å². The summed E-state index contributed by atoms with van der Waals surface area (Å²) in [5, 5.41) is 15.1. The molecule has 1 aromatic rings. The second-order valence-electron chi connectivity index (χ2n) is 7.41. The SMILES string of the molecule is CC(C)C[C@H](C)C(O)C(=O)NCC(=O)N[C@H](C(=O)N(C)C)c1ccccc1. The number of hydrogen-bond donors (Lipinski definition) is 3. The van der Waals surface area contributed by atoms with Crippen LogP contribution in [-0.2, 0) is 14.4 Å². The second-order valence-corrected chi connectivity index (χ2v) is 7.41. The van der Waals surface area contributed by atoms with Crippen LogP contribution in [0.4, 0.5) is 0 Å². The van der Waals surface area contributed by atoms with Crippen LogP contribution in [-0.4, -0.2) is 54.5 Å². The van der Waals surface area contributed by atoms with Gasteiger partial charge in [-0.3, -0.25) is 14.4 Å². The van der Waals surface area contributed by atoms with Crippen molar-refractivity contribution in [3.05, 3.63) is 35.9 Å². The molecule has 0 heterocycles. The van der Waals surface area contributed by atoms with Gasteiger partial charge in [0, 0.05) is 14.1 Å². The number of hydrogen-bond acceptors (Lipinski definition) is 4. The Kier molecular flexibility index (Phi) is 8.94. The number of aliphatic hydroxyl groups excluding tert-OH is 1. The van der Waals surface area contributed by atoms with E-state index in [1.165, 1.54) is 4.90 Å². The first-order valence-electron chi connectivity index (χ1n) is 9.14. The lowest BCUT2D eigenvalue weighted by molar-refractivity contribution is -0.136. The number of carbonyl (C=O) groups is 3. The lowest BCUT2D eigenvalue weighted by Crippen LogP contribution is -2.46. The van der Waals surface area contributed by atoms with Gasteiger partial charge in [-0.15, -0.1) is 0 Å². The fourth-order valence-corrected chi connectivity index (χ4v) is 2.81. The first-order valence-corrected chi connectivity index (χ1v) is 9.14. The molecule has 0 saturated carbocycles. The molecule has 0 bridgehead atoms. The number of amides is 3. The van der Waals surface area contributed by atoms with E-state index >= 15 is 0 Å². The third-order valence-electron chi connectivity index (χ3n) is 4.20. The molecule has 0 spiro atoms. The Hall–Kier alpha value is -2.41. The topological polar surface area (TPSA) is 98.7 Å². The van der Waals surface area contributed by atoms with Crippen LogP contribution in [0.15, 0.2) is 30.3 Å². The smallest absolute Gasteiger partial charge is 0.249 e. The van der Waals surface area contributed by atoms with Crippen molar-refractivity contribution >= 4 is 17.7 Å². The Morgan fingerprint density at radius 2 is 1.67 bits per heavy atom. The van der Waals surface area contributed by atoms with Gasteiger partial charge in [-0.1, -0.05) is 51.1 Å². The number of aliphatic hydroxyl groups is 1. The highest BCUT2D eigenvalue weighted by Crippen LogP contribution is 2.16. The molecule has 0 aliphatic rings. The summed E-state index contributed by atoms with van der Waals surface area (Å²) < 4.78 is 0.